The third-order valence-corrected chi connectivity index (χ3v) is 6.24. The highest BCUT2D eigenvalue weighted by Gasteiger charge is 2.27. The molecule has 1 aliphatic carbocycles. The molecule has 1 saturated carbocycles. The molecule has 0 saturated heterocycles. The molecular formula is C26H29FN4O2. The Kier molecular flexibility index (Phi) is 7.27. The fourth-order valence-electron chi connectivity index (χ4n) is 4.37. The molecule has 172 valence electrons. The zero-order valence-electron chi connectivity index (χ0n) is 19.0. The molecule has 0 radical (unpaired) electrons. The molecule has 7 heteroatoms. The average molecular weight is 449 g/mol. The van der Waals surface area contributed by atoms with Crippen LogP contribution in [0, 0.1) is 18.7 Å². The van der Waals surface area contributed by atoms with Crippen molar-refractivity contribution in [3.8, 4) is 16.9 Å². The van der Waals surface area contributed by atoms with E-state index in [1.807, 2.05) is 25.3 Å². The largest absolute Gasteiger partial charge is 0.478 e. The van der Waals surface area contributed by atoms with Crippen LogP contribution in [0.25, 0.3) is 11.1 Å². The van der Waals surface area contributed by atoms with E-state index in [1.165, 1.54) is 12.1 Å². The lowest BCUT2D eigenvalue weighted by Crippen LogP contribution is -2.39. The highest BCUT2D eigenvalue weighted by atomic mass is 19.1. The second-order valence-corrected chi connectivity index (χ2v) is 8.61. The van der Waals surface area contributed by atoms with Crippen molar-refractivity contribution in [2.24, 2.45) is 5.92 Å². The maximum absolute atomic E-state index is 13.8. The fraction of sp³-hybridized carbons (Fsp3) is 0.385. The van der Waals surface area contributed by atoms with E-state index in [-0.39, 0.29) is 11.7 Å². The third-order valence-electron chi connectivity index (χ3n) is 6.24. The summed E-state index contributed by atoms with van der Waals surface area (Å²) in [6.07, 6.45) is 8.76. The van der Waals surface area contributed by atoms with Gasteiger partial charge in [-0.05, 0) is 75.3 Å². The molecular weight excluding hydrogens is 419 g/mol. The molecule has 4 rings (SSSR count). The van der Waals surface area contributed by atoms with Gasteiger partial charge in [0.2, 0.25) is 0 Å². The summed E-state index contributed by atoms with van der Waals surface area (Å²) in [6.45, 7) is 4.15. The Morgan fingerprint density at radius 2 is 1.88 bits per heavy atom. The smallest absolute Gasteiger partial charge is 0.260 e. The van der Waals surface area contributed by atoms with Crippen molar-refractivity contribution in [2.45, 2.75) is 51.6 Å². The number of aryl methyl sites for hydroxylation is 1. The summed E-state index contributed by atoms with van der Waals surface area (Å²) in [4.78, 5) is 25.8. The number of rotatable bonds is 7. The normalized spacial score (nSPS) is 19.0. The maximum atomic E-state index is 13.8. The fourth-order valence-corrected chi connectivity index (χ4v) is 4.37. The molecule has 0 spiro atoms. The molecule has 1 fully saturated rings. The van der Waals surface area contributed by atoms with Gasteiger partial charge in [0.25, 0.3) is 5.91 Å². The van der Waals surface area contributed by atoms with Crippen molar-refractivity contribution in [3.63, 3.8) is 0 Å². The summed E-state index contributed by atoms with van der Waals surface area (Å²) in [7, 11) is 0. The summed E-state index contributed by atoms with van der Waals surface area (Å²) in [5.41, 5.74) is 3.25. The maximum Gasteiger partial charge on any atom is 0.260 e. The minimum absolute atomic E-state index is 0.0887. The quantitative estimate of drug-likeness (QED) is 0.559. The second-order valence-electron chi connectivity index (χ2n) is 8.61. The zero-order valence-corrected chi connectivity index (χ0v) is 19.0. The number of hydrogen-bond acceptors (Lipinski definition) is 5. The van der Waals surface area contributed by atoms with Gasteiger partial charge in [0.15, 0.2) is 17.7 Å². The first kappa shape index (κ1) is 22.8. The Hall–Kier alpha value is -3.35. The van der Waals surface area contributed by atoms with E-state index >= 15 is 0 Å². The lowest BCUT2D eigenvalue weighted by atomic mass is 9.79. The van der Waals surface area contributed by atoms with Crippen molar-refractivity contribution >= 4 is 5.91 Å². The lowest BCUT2D eigenvalue weighted by Gasteiger charge is -2.29. The number of amides is 1. The summed E-state index contributed by atoms with van der Waals surface area (Å²) >= 11 is 0. The number of benzene rings is 1. The Labute approximate surface area is 193 Å². The molecule has 0 aliphatic heterocycles. The van der Waals surface area contributed by atoms with Crippen LogP contribution in [-0.2, 0) is 4.79 Å². The summed E-state index contributed by atoms with van der Waals surface area (Å²) in [6, 6.07) is 10.1. The van der Waals surface area contributed by atoms with E-state index in [1.54, 1.807) is 31.5 Å². The SMILES string of the molecule is Cc1ncc(-c2ccncc2)c(C2CCC(CNC(=O)[C@@H](C)Oc3ccccc3F)CC2)n1. The van der Waals surface area contributed by atoms with Gasteiger partial charge in [-0.15, -0.1) is 0 Å². The van der Waals surface area contributed by atoms with Gasteiger partial charge in [-0.3, -0.25) is 9.78 Å². The average Bonchev–Trinajstić information content (AvgIpc) is 2.84. The molecule has 2 aromatic heterocycles. The van der Waals surface area contributed by atoms with Crippen LogP contribution >= 0.6 is 0 Å². The number of carbonyl (C=O) groups is 1. The number of para-hydroxylation sites is 1. The van der Waals surface area contributed by atoms with Crippen LogP contribution in [0.1, 0.15) is 50.0 Å². The van der Waals surface area contributed by atoms with Gasteiger partial charge >= 0.3 is 0 Å². The van der Waals surface area contributed by atoms with E-state index in [0.29, 0.717) is 18.4 Å². The summed E-state index contributed by atoms with van der Waals surface area (Å²) < 4.78 is 19.2. The van der Waals surface area contributed by atoms with Gasteiger partial charge in [-0.25, -0.2) is 14.4 Å². The molecule has 1 amide bonds. The predicted molar refractivity (Wildman–Crippen MR) is 124 cm³/mol. The number of pyridine rings is 1. The van der Waals surface area contributed by atoms with Crippen molar-refractivity contribution < 1.29 is 13.9 Å². The van der Waals surface area contributed by atoms with E-state index in [9.17, 15) is 9.18 Å². The molecule has 3 aromatic rings. The van der Waals surface area contributed by atoms with Crippen molar-refractivity contribution in [2.75, 3.05) is 6.54 Å². The van der Waals surface area contributed by atoms with Gasteiger partial charge in [0.05, 0.1) is 5.69 Å². The van der Waals surface area contributed by atoms with Gasteiger partial charge in [-0.2, -0.15) is 0 Å². The number of nitrogens with one attached hydrogen (secondary N) is 1. The molecule has 1 N–H and O–H groups in total. The molecule has 1 aromatic carbocycles. The molecule has 1 atom stereocenters. The number of nitrogens with zero attached hydrogens (tertiary/aromatic N) is 3. The molecule has 0 bridgehead atoms. The summed E-state index contributed by atoms with van der Waals surface area (Å²) in [5.74, 6) is 0.934. The zero-order chi connectivity index (χ0) is 23.2. The Bertz CT molecular complexity index is 1080. The lowest BCUT2D eigenvalue weighted by molar-refractivity contribution is -0.127. The van der Waals surface area contributed by atoms with Gasteiger partial charge in [0, 0.05) is 36.6 Å². The first-order valence-electron chi connectivity index (χ1n) is 11.4. The molecule has 33 heavy (non-hydrogen) atoms. The number of halogens is 1. The topological polar surface area (TPSA) is 77.0 Å². The summed E-state index contributed by atoms with van der Waals surface area (Å²) in [5, 5.41) is 2.97. The van der Waals surface area contributed by atoms with Crippen molar-refractivity contribution in [1.82, 2.24) is 20.3 Å². The number of aromatic nitrogens is 3. The van der Waals surface area contributed by atoms with Crippen molar-refractivity contribution in [1.29, 1.82) is 0 Å². The van der Waals surface area contributed by atoms with E-state index < -0.39 is 11.9 Å². The third kappa shape index (κ3) is 5.72. The minimum atomic E-state index is -0.759. The Balaban J connectivity index is 1.31. The number of carbonyl (C=O) groups excluding carboxylic acids is 1. The molecule has 6 nitrogen and oxygen atoms in total. The standard InChI is InChI=1S/C26H29FN4O2/c1-17(33-24-6-4-3-5-23(24)27)26(32)30-15-19-7-9-21(10-8-19)25-22(16-29-18(2)31-25)20-11-13-28-14-12-20/h3-6,11-14,16-17,19,21H,7-10,15H2,1-2H3,(H,30,32)/t17-,19?,21?/m1/s1. The number of hydrogen-bond donors (Lipinski definition) is 1. The van der Waals surface area contributed by atoms with Crippen LogP contribution in [0.2, 0.25) is 0 Å². The van der Waals surface area contributed by atoms with E-state index in [0.717, 1.165) is 48.3 Å². The second kappa shape index (κ2) is 10.5. The highest BCUT2D eigenvalue weighted by molar-refractivity contribution is 5.80. The van der Waals surface area contributed by atoms with Crippen LogP contribution < -0.4 is 10.1 Å². The van der Waals surface area contributed by atoms with Gasteiger partial charge in [0.1, 0.15) is 5.82 Å². The minimum Gasteiger partial charge on any atom is -0.478 e. The van der Waals surface area contributed by atoms with Gasteiger partial charge < -0.3 is 10.1 Å². The predicted octanol–water partition coefficient (Wildman–Crippen LogP) is 4.84. The van der Waals surface area contributed by atoms with Crippen LogP contribution in [0.3, 0.4) is 0 Å². The Morgan fingerprint density at radius 1 is 1.15 bits per heavy atom. The Morgan fingerprint density at radius 3 is 2.61 bits per heavy atom. The number of ether oxygens (including phenoxy) is 1. The van der Waals surface area contributed by atoms with Crippen LogP contribution in [0.15, 0.2) is 55.0 Å². The molecule has 0 unspecified atom stereocenters. The van der Waals surface area contributed by atoms with Gasteiger partial charge in [-0.1, -0.05) is 12.1 Å². The van der Waals surface area contributed by atoms with Crippen molar-refractivity contribution in [3.05, 3.63) is 72.3 Å². The van der Waals surface area contributed by atoms with Crippen LogP contribution in [0.5, 0.6) is 5.75 Å². The van der Waals surface area contributed by atoms with Crippen LogP contribution in [-0.4, -0.2) is 33.5 Å². The van der Waals surface area contributed by atoms with Crippen LogP contribution in [0.4, 0.5) is 4.39 Å². The first-order valence-corrected chi connectivity index (χ1v) is 11.4. The van der Waals surface area contributed by atoms with E-state index in [4.69, 9.17) is 9.72 Å². The molecule has 1 aliphatic rings. The monoisotopic (exact) mass is 448 g/mol. The molecule has 2 heterocycles. The highest BCUT2D eigenvalue weighted by Crippen LogP contribution is 2.38. The first-order chi connectivity index (χ1) is 16.0. The van der Waals surface area contributed by atoms with E-state index in [2.05, 4.69) is 15.3 Å².